The summed E-state index contributed by atoms with van der Waals surface area (Å²) >= 11 is 0. The minimum absolute atomic E-state index is 0.215. The van der Waals surface area contributed by atoms with Gasteiger partial charge in [0.2, 0.25) is 0 Å². The van der Waals surface area contributed by atoms with Crippen molar-refractivity contribution in [3.05, 3.63) is 24.4 Å². The predicted octanol–water partition coefficient (Wildman–Crippen LogP) is 1.53. The summed E-state index contributed by atoms with van der Waals surface area (Å²) in [7, 11) is 1.40. The number of hydrogen-bond donors (Lipinski definition) is 0. The molecule has 0 aromatic carbocycles. The molecule has 0 aromatic heterocycles. The van der Waals surface area contributed by atoms with Gasteiger partial charge in [-0.1, -0.05) is 18.2 Å². The van der Waals surface area contributed by atoms with Crippen molar-refractivity contribution in [1.29, 1.82) is 0 Å². The van der Waals surface area contributed by atoms with Gasteiger partial charge in [-0.05, 0) is 12.3 Å². The van der Waals surface area contributed by atoms with E-state index in [1.165, 1.54) is 7.11 Å². The highest BCUT2D eigenvalue weighted by atomic mass is 16.5. The molecule has 1 aliphatic heterocycles. The van der Waals surface area contributed by atoms with E-state index in [1.54, 1.807) is 4.90 Å². The van der Waals surface area contributed by atoms with E-state index in [0.29, 0.717) is 5.92 Å². The zero-order valence-corrected chi connectivity index (χ0v) is 6.93. The normalized spacial score (nSPS) is 30.9. The van der Waals surface area contributed by atoms with Crippen LogP contribution in [-0.2, 0) is 4.74 Å². The van der Waals surface area contributed by atoms with E-state index in [4.69, 9.17) is 0 Å². The van der Waals surface area contributed by atoms with Crippen molar-refractivity contribution >= 4 is 6.09 Å². The van der Waals surface area contributed by atoms with Crippen LogP contribution < -0.4 is 0 Å². The Balaban J connectivity index is 2.17. The second-order valence-corrected chi connectivity index (χ2v) is 3.07. The van der Waals surface area contributed by atoms with Crippen LogP contribution in [0.15, 0.2) is 24.4 Å². The van der Waals surface area contributed by atoms with Crippen LogP contribution in [0, 0.1) is 5.92 Å². The Morgan fingerprint density at radius 3 is 3.08 bits per heavy atom. The molecule has 2 rings (SSSR count). The molecule has 1 aliphatic carbocycles. The molecule has 0 spiro atoms. The Hall–Kier alpha value is -1.25. The minimum Gasteiger partial charge on any atom is -0.452 e. The van der Waals surface area contributed by atoms with Crippen LogP contribution in [0.4, 0.5) is 4.79 Å². The lowest BCUT2D eigenvalue weighted by atomic mass is 10.0. The Bertz CT molecular complexity index is 257. The van der Waals surface area contributed by atoms with E-state index < -0.39 is 0 Å². The second-order valence-electron chi connectivity index (χ2n) is 3.07. The number of carbonyl (C=O) groups is 1. The van der Waals surface area contributed by atoms with Gasteiger partial charge in [-0.15, -0.1) is 0 Å². The van der Waals surface area contributed by atoms with Gasteiger partial charge in [0.05, 0.1) is 13.2 Å². The van der Waals surface area contributed by atoms with Crippen molar-refractivity contribution in [2.45, 2.75) is 12.5 Å². The lowest BCUT2D eigenvalue weighted by Crippen LogP contribution is -2.35. The average molecular weight is 165 g/mol. The number of fused-ring (bicyclic) bond motifs is 2. The number of hydrogen-bond acceptors (Lipinski definition) is 2. The highest BCUT2D eigenvalue weighted by molar-refractivity contribution is 5.70. The van der Waals surface area contributed by atoms with E-state index in [2.05, 4.69) is 16.9 Å². The molecule has 2 unspecified atom stereocenters. The summed E-state index contributed by atoms with van der Waals surface area (Å²) in [4.78, 5) is 12.8. The third kappa shape index (κ3) is 1.02. The maximum absolute atomic E-state index is 11.2. The number of rotatable bonds is 0. The number of ether oxygens (including phenoxy) is 1. The van der Waals surface area contributed by atoms with Gasteiger partial charge in [0.15, 0.2) is 0 Å². The van der Waals surface area contributed by atoms with E-state index in [1.807, 2.05) is 12.3 Å². The maximum Gasteiger partial charge on any atom is 0.414 e. The monoisotopic (exact) mass is 165 g/mol. The first-order chi connectivity index (χ1) is 5.81. The molecule has 12 heavy (non-hydrogen) atoms. The first-order valence-electron chi connectivity index (χ1n) is 4.04. The second kappa shape index (κ2) is 2.66. The van der Waals surface area contributed by atoms with E-state index in [9.17, 15) is 4.79 Å². The molecule has 3 nitrogen and oxygen atoms in total. The fourth-order valence-electron chi connectivity index (χ4n) is 1.67. The largest absolute Gasteiger partial charge is 0.452 e. The molecule has 0 radical (unpaired) electrons. The third-order valence-electron chi connectivity index (χ3n) is 2.33. The number of nitrogens with zero attached hydrogens (tertiary/aromatic N) is 1. The van der Waals surface area contributed by atoms with E-state index in [-0.39, 0.29) is 12.1 Å². The first-order valence-corrected chi connectivity index (χ1v) is 4.04. The molecule has 1 amide bonds. The zero-order valence-electron chi connectivity index (χ0n) is 6.93. The third-order valence-corrected chi connectivity index (χ3v) is 2.33. The topological polar surface area (TPSA) is 29.5 Å². The summed E-state index contributed by atoms with van der Waals surface area (Å²) in [5.74, 6) is 0.524. The van der Waals surface area contributed by atoms with Crippen LogP contribution >= 0.6 is 0 Å². The fourth-order valence-corrected chi connectivity index (χ4v) is 1.67. The molecule has 0 fully saturated rings. The lowest BCUT2D eigenvalue weighted by molar-refractivity contribution is 0.129. The SMILES string of the molecule is COC(=O)N1C=CC2C=CC1C2. The smallest absolute Gasteiger partial charge is 0.414 e. The summed E-state index contributed by atoms with van der Waals surface area (Å²) in [6.07, 6.45) is 8.75. The van der Waals surface area contributed by atoms with Gasteiger partial charge >= 0.3 is 6.09 Å². The number of methoxy groups -OCH3 is 1. The van der Waals surface area contributed by atoms with E-state index in [0.717, 1.165) is 6.42 Å². The molecule has 64 valence electrons. The predicted molar refractivity (Wildman–Crippen MR) is 44.4 cm³/mol. The van der Waals surface area contributed by atoms with Crippen molar-refractivity contribution < 1.29 is 9.53 Å². The molecule has 1 heterocycles. The van der Waals surface area contributed by atoms with Crippen LogP contribution in [0.2, 0.25) is 0 Å². The highest BCUT2D eigenvalue weighted by Gasteiger charge is 2.29. The highest BCUT2D eigenvalue weighted by Crippen LogP contribution is 2.28. The molecule has 0 saturated carbocycles. The Kier molecular flexibility index (Phi) is 1.64. The summed E-state index contributed by atoms with van der Waals surface area (Å²) in [5.41, 5.74) is 0. The quantitative estimate of drug-likeness (QED) is 0.509. The van der Waals surface area contributed by atoms with Crippen LogP contribution in [0.3, 0.4) is 0 Å². The maximum atomic E-state index is 11.2. The molecular formula is C9H11NO2. The van der Waals surface area contributed by atoms with E-state index >= 15 is 0 Å². The fraction of sp³-hybridized carbons (Fsp3) is 0.444. The van der Waals surface area contributed by atoms with Gasteiger partial charge < -0.3 is 4.74 Å². The van der Waals surface area contributed by atoms with Crippen LogP contribution in [0.25, 0.3) is 0 Å². The van der Waals surface area contributed by atoms with Gasteiger partial charge in [-0.3, -0.25) is 4.90 Å². The Morgan fingerprint density at radius 2 is 2.33 bits per heavy atom. The number of carbonyl (C=O) groups excluding carboxylic acids is 1. The number of amides is 1. The first kappa shape index (κ1) is 7.40. The van der Waals surface area contributed by atoms with Gasteiger partial charge in [0.25, 0.3) is 0 Å². The standard InChI is InChI=1S/C9H11NO2/c1-12-9(11)10-5-4-7-2-3-8(10)6-7/h2-5,7-8H,6H2,1H3. The van der Waals surface area contributed by atoms with Gasteiger partial charge in [0, 0.05) is 6.20 Å². The molecule has 2 aliphatic rings. The molecule has 2 atom stereocenters. The lowest BCUT2D eigenvalue weighted by Gasteiger charge is -2.26. The van der Waals surface area contributed by atoms with Crippen LogP contribution in [0.5, 0.6) is 0 Å². The summed E-state index contributed by atoms with van der Waals surface area (Å²) < 4.78 is 4.64. The average Bonchev–Trinajstić information content (AvgIpc) is 2.47. The molecule has 0 N–H and O–H groups in total. The van der Waals surface area contributed by atoms with Gasteiger partial charge in [-0.2, -0.15) is 0 Å². The van der Waals surface area contributed by atoms with Crippen molar-refractivity contribution in [3.8, 4) is 0 Å². The molecule has 2 bridgehead atoms. The van der Waals surface area contributed by atoms with Crippen LogP contribution in [0.1, 0.15) is 6.42 Å². The molecular weight excluding hydrogens is 154 g/mol. The van der Waals surface area contributed by atoms with Gasteiger partial charge in [0.1, 0.15) is 0 Å². The van der Waals surface area contributed by atoms with Crippen LogP contribution in [-0.4, -0.2) is 24.1 Å². The Morgan fingerprint density at radius 1 is 1.50 bits per heavy atom. The molecule has 0 aromatic rings. The van der Waals surface area contributed by atoms with Crippen molar-refractivity contribution in [3.63, 3.8) is 0 Å². The summed E-state index contributed by atoms with van der Waals surface area (Å²) in [6.45, 7) is 0. The Labute approximate surface area is 71.3 Å². The molecule has 3 heteroatoms. The zero-order chi connectivity index (χ0) is 8.55. The summed E-state index contributed by atoms with van der Waals surface area (Å²) in [5, 5.41) is 0. The number of allylic oxidation sites excluding steroid dienone is 2. The van der Waals surface area contributed by atoms with Gasteiger partial charge in [-0.25, -0.2) is 4.79 Å². The van der Waals surface area contributed by atoms with Crippen molar-refractivity contribution in [2.24, 2.45) is 5.92 Å². The van der Waals surface area contributed by atoms with Crippen molar-refractivity contribution in [1.82, 2.24) is 4.90 Å². The summed E-state index contributed by atoms with van der Waals surface area (Å²) in [6, 6.07) is 0.215. The van der Waals surface area contributed by atoms with Crippen molar-refractivity contribution in [2.75, 3.05) is 7.11 Å². The molecule has 0 saturated heterocycles. The minimum atomic E-state index is -0.277.